The number of hydrogen-bond acceptors (Lipinski definition) is 8. The maximum Gasteiger partial charge on any atom is 0.247 e. The van der Waals surface area contributed by atoms with E-state index in [1.807, 2.05) is 19.9 Å². The highest BCUT2D eigenvalue weighted by molar-refractivity contribution is 7.89. The Morgan fingerprint density at radius 3 is 2.74 bits per heavy atom. The molecule has 2 aromatic heterocycles. The van der Waals surface area contributed by atoms with E-state index in [2.05, 4.69) is 19.1 Å². The quantitative estimate of drug-likeness (QED) is 0.342. The summed E-state index contributed by atoms with van der Waals surface area (Å²) >= 11 is 4.24. The Morgan fingerprint density at radius 2 is 2.13 bits per heavy atom. The second kappa shape index (κ2) is 9.01. The van der Waals surface area contributed by atoms with Crippen molar-refractivity contribution in [3.05, 3.63) is 46.3 Å². The molecule has 0 bridgehead atoms. The molecule has 0 aliphatic carbocycles. The van der Waals surface area contributed by atoms with Gasteiger partial charge in [-0.1, -0.05) is 25.4 Å². The molecular formula is C18H22ClN5O5S2. The highest BCUT2D eigenvalue weighted by Gasteiger charge is 2.27. The van der Waals surface area contributed by atoms with E-state index in [0.29, 0.717) is 11.7 Å². The third-order valence-corrected chi connectivity index (χ3v) is 7.43. The molecule has 1 unspecified atom stereocenters. The summed E-state index contributed by atoms with van der Waals surface area (Å²) in [5.74, 6) is 0.402. The van der Waals surface area contributed by atoms with Gasteiger partial charge in [0, 0.05) is 18.5 Å². The van der Waals surface area contributed by atoms with E-state index in [0.717, 1.165) is 9.87 Å². The molecule has 13 heteroatoms. The monoisotopic (exact) mass is 487 g/mol. The summed E-state index contributed by atoms with van der Waals surface area (Å²) in [5.41, 5.74) is 1.22. The fourth-order valence-electron chi connectivity index (χ4n) is 2.61. The summed E-state index contributed by atoms with van der Waals surface area (Å²) < 4.78 is 49.8. The van der Waals surface area contributed by atoms with Gasteiger partial charge in [0.15, 0.2) is 16.9 Å². The van der Waals surface area contributed by atoms with Crippen molar-refractivity contribution >= 4 is 44.3 Å². The summed E-state index contributed by atoms with van der Waals surface area (Å²) in [6.45, 7) is 4.25. The number of benzene rings is 1. The summed E-state index contributed by atoms with van der Waals surface area (Å²) in [4.78, 5) is 3.88. The van der Waals surface area contributed by atoms with Crippen LogP contribution in [-0.2, 0) is 16.6 Å². The van der Waals surface area contributed by atoms with Crippen molar-refractivity contribution in [1.29, 1.82) is 0 Å². The topological polar surface area (TPSA) is 147 Å². The van der Waals surface area contributed by atoms with E-state index >= 15 is 0 Å². The third-order valence-electron chi connectivity index (χ3n) is 4.39. The van der Waals surface area contributed by atoms with E-state index in [1.165, 1.54) is 26.2 Å². The maximum absolute atomic E-state index is 12.5. The van der Waals surface area contributed by atoms with Gasteiger partial charge in [-0.3, -0.25) is 4.99 Å². The highest BCUT2D eigenvalue weighted by Crippen LogP contribution is 2.38. The van der Waals surface area contributed by atoms with Crippen molar-refractivity contribution in [2.24, 2.45) is 4.99 Å². The minimum absolute atomic E-state index is 0.0112. The minimum Gasteiger partial charge on any atom is -0.548 e. The number of nitrogens with one attached hydrogen (secondary N) is 2. The van der Waals surface area contributed by atoms with Crippen molar-refractivity contribution in [2.75, 3.05) is 19.4 Å². The lowest BCUT2D eigenvalue weighted by molar-refractivity contribution is 0.454. The van der Waals surface area contributed by atoms with Crippen LogP contribution in [0.2, 0.25) is 5.02 Å². The molecule has 0 amide bonds. The molecule has 168 valence electrons. The van der Waals surface area contributed by atoms with Gasteiger partial charge in [-0.2, -0.15) is 0 Å². The van der Waals surface area contributed by atoms with E-state index in [1.54, 1.807) is 6.26 Å². The molecule has 3 aromatic rings. The third kappa shape index (κ3) is 4.93. The summed E-state index contributed by atoms with van der Waals surface area (Å²) in [6.07, 6.45) is 1.66. The molecule has 10 nitrogen and oxygen atoms in total. The Balaban J connectivity index is 1.96. The lowest BCUT2D eigenvalue weighted by Crippen LogP contribution is -2.23. The number of aromatic hydroxyl groups is 1. The van der Waals surface area contributed by atoms with Crippen molar-refractivity contribution in [3.63, 3.8) is 0 Å². The summed E-state index contributed by atoms with van der Waals surface area (Å²) in [6, 6.07) is 4.59. The number of sulfonamides is 1. The van der Waals surface area contributed by atoms with Gasteiger partial charge in [0.1, 0.15) is 10.7 Å². The number of aromatic amines is 1. The smallest absolute Gasteiger partial charge is 0.247 e. The van der Waals surface area contributed by atoms with Crippen LogP contribution in [0.3, 0.4) is 0 Å². The standard InChI is InChI=1S/C18H22ClN5O5S2/c1-10(2)11-7-12(29-9-11)8-20-17-18(23-30(26)22-17)21-14-6-5-13(19)16(15(14)25)31(27,28)24(3)4/h5-7,9-10,25H,8H2,1-4H3,(H,20,22)(H,21,23). The van der Waals surface area contributed by atoms with E-state index < -0.39 is 31.8 Å². The number of anilines is 2. The van der Waals surface area contributed by atoms with Gasteiger partial charge in [0.2, 0.25) is 21.3 Å². The van der Waals surface area contributed by atoms with Crippen LogP contribution in [0.25, 0.3) is 0 Å². The van der Waals surface area contributed by atoms with Gasteiger partial charge in [0.05, 0.1) is 23.5 Å². The number of phenolic OH excluding ortho intramolecular Hbond substituents is 1. The number of aromatic nitrogens is 2. The van der Waals surface area contributed by atoms with E-state index in [-0.39, 0.29) is 28.6 Å². The van der Waals surface area contributed by atoms with Gasteiger partial charge in [0.25, 0.3) is 0 Å². The molecule has 0 fully saturated rings. The van der Waals surface area contributed by atoms with Crippen molar-refractivity contribution in [1.82, 2.24) is 13.1 Å². The van der Waals surface area contributed by atoms with Crippen LogP contribution < -0.4 is 10.8 Å². The highest BCUT2D eigenvalue weighted by atomic mass is 35.5. The molecule has 0 saturated carbocycles. The number of nitrogens with zero attached hydrogens (tertiary/aromatic N) is 3. The Bertz CT molecular complexity index is 1260. The SMILES string of the molecule is CC(C)c1coc(CN=c2[nH][s+]([O-])nc2Nc2ccc(Cl)c(S(=O)(=O)N(C)C)c2O)c1. The fourth-order valence-corrected chi connectivity index (χ4v) is 4.76. The van der Waals surface area contributed by atoms with Crippen LogP contribution >= 0.6 is 22.7 Å². The molecule has 0 aliphatic heterocycles. The molecule has 1 aromatic carbocycles. The average molecular weight is 488 g/mol. The Hall–Kier alpha value is -2.38. The molecule has 1 atom stereocenters. The van der Waals surface area contributed by atoms with Gasteiger partial charge < -0.3 is 19.4 Å². The first-order chi connectivity index (χ1) is 14.5. The number of H-pyrrole nitrogens is 1. The molecule has 31 heavy (non-hydrogen) atoms. The number of phenols is 1. The molecular weight excluding hydrogens is 466 g/mol. The first-order valence-corrected chi connectivity index (χ1v) is 12.0. The van der Waals surface area contributed by atoms with Crippen LogP contribution in [-0.4, -0.2) is 45.2 Å². The number of halogens is 1. The molecule has 0 spiro atoms. The molecule has 3 rings (SSSR count). The lowest BCUT2D eigenvalue weighted by Gasteiger charge is -2.16. The largest absolute Gasteiger partial charge is 0.548 e. The molecule has 3 N–H and O–H groups in total. The second-order valence-electron chi connectivity index (χ2n) is 7.14. The number of furan rings is 1. The predicted octanol–water partition coefficient (Wildman–Crippen LogP) is 3.31. The maximum atomic E-state index is 12.5. The van der Waals surface area contributed by atoms with Crippen LogP contribution in [0.4, 0.5) is 11.5 Å². The van der Waals surface area contributed by atoms with Crippen LogP contribution in [0.1, 0.15) is 31.1 Å². The fraction of sp³-hybridized carbons (Fsp3) is 0.333. The van der Waals surface area contributed by atoms with Gasteiger partial charge in [-0.25, -0.2) is 12.7 Å². The lowest BCUT2D eigenvalue weighted by atomic mass is 10.1. The van der Waals surface area contributed by atoms with Crippen molar-refractivity contribution < 1.29 is 22.5 Å². The van der Waals surface area contributed by atoms with Crippen LogP contribution in [0.5, 0.6) is 5.75 Å². The predicted molar refractivity (Wildman–Crippen MR) is 117 cm³/mol. The average Bonchev–Trinajstić information content (AvgIpc) is 3.28. The van der Waals surface area contributed by atoms with Gasteiger partial charge in [-0.15, -0.1) is 4.37 Å². The molecule has 0 radical (unpaired) electrons. The first-order valence-electron chi connectivity index (χ1n) is 9.11. The zero-order chi connectivity index (χ0) is 22.9. The molecule has 0 saturated heterocycles. The Labute approximate surface area is 187 Å². The molecule has 0 aliphatic rings. The van der Waals surface area contributed by atoms with Crippen molar-refractivity contribution in [2.45, 2.75) is 31.2 Å². The zero-order valence-corrected chi connectivity index (χ0v) is 19.6. The Morgan fingerprint density at radius 1 is 1.42 bits per heavy atom. The normalized spacial score (nSPS) is 13.4. The summed E-state index contributed by atoms with van der Waals surface area (Å²) in [5, 5.41) is 13.2. The molecule has 2 heterocycles. The first kappa shape index (κ1) is 23.3. The second-order valence-corrected chi connectivity index (χ2v) is 10.5. The van der Waals surface area contributed by atoms with E-state index in [4.69, 9.17) is 16.0 Å². The van der Waals surface area contributed by atoms with Crippen LogP contribution in [0.15, 0.2) is 38.8 Å². The number of hydrogen-bond donors (Lipinski definition) is 3. The number of rotatable bonds is 7. The zero-order valence-electron chi connectivity index (χ0n) is 17.2. The van der Waals surface area contributed by atoms with Gasteiger partial charge >= 0.3 is 0 Å². The minimum atomic E-state index is -4.02. The summed E-state index contributed by atoms with van der Waals surface area (Å²) in [7, 11) is -1.37. The Kier molecular flexibility index (Phi) is 6.76. The van der Waals surface area contributed by atoms with E-state index in [9.17, 15) is 18.1 Å². The van der Waals surface area contributed by atoms with Crippen LogP contribution in [0, 0.1) is 0 Å². The van der Waals surface area contributed by atoms with Gasteiger partial charge in [-0.05, 0) is 29.7 Å². The van der Waals surface area contributed by atoms with Crippen molar-refractivity contribution in [3.8, 4) is 5.75 Å².